The van der Waals surface area contributed by atoms with E-state index in [0.29, 0.717) is 17.1 Å². The number of anilines is 1. The molecule has 0 saturated heterocycles. The molecule has 1 heterocycles. The van der Waals surface area contributed by atoms with E-state index in [0.717, 1.165) is 34.0 Å². The summed E-state index contributed by atoms with van der Waals surface area (Å²) in [5.74, 6) is -0.0739. The van der Waals surface area contributed by atoms with Gasteiger partial charge in [-0.15, -0.1) is 0 Å². The Morgan fingerprint density at radius 2 is 1.67 bits per heavy atom. The maximum atomic E-state index is 12.9. The van der Waals surface area contributed by atoms with Crippen molar-refractivity contribution in [1.82, 2.24) is 4.72 Å². The number of carbonyl (C=O) groups excluding carboxylic acids is 1. The van der Waals surface area contributed by atoms with Crippen LogP contribution >= 0.6 is 11.6 Å². The highest BCUT2D eigenvalue weighted by molar-refractivity contribution is 7.89. The van der Waals surface area contributed by atoms with Crippen LogP contribution in [0.5, 0.6) is 0 Å². The van der Waals surface area contributed by atoms with Crippen LogP contribution in [0.3, 0.4) is 0 Å². The third kappa shape index (κ3) is 4.37. The molecule has 0 atom stereocenters. The Kier molecular flexibility index (Phi) is 5.66. The summed E-state index contributed by atoms with van der Waals surface area (Å²) in [7, 11) is -3.65. The number of halogens is 1. The summed E-state index contributed by atoms with van der Waals surface area (Å²) in [6.07, 6.45) is 0.722. The molecule has 1 amide bonds. The van der Waals surface area contributed by atoms with E-state index in [2.05, 4.69) is 4.72 Å². The summed E-state index contributed by atoms with van der Waals surface area (Å²) in [4.78, 5) is 14.9. The van der Waals surface area contributed by atoms with Crippen molar-refractivity contribution in [2.24, 2.45) is 0 Å². The van der Waals surface area contributed by atoms with Gasteiger partial charge in [0.2, 0.25) is 10.0 Å². The van der Waals surface area contributed by atoms with Gasteiger partial charge >= 0.3 is 0 Å². The van der Waals surface area contributed by atoms with E-state index in [1.165, 1.54) is 0 Å². The smallest absolute Gasteiger partial charge is 0.258 e. The number of carbonyl (C=O) groups is 1. The summed E-state index contributed by atoms with van der Waals surface area (Å²) in [5, 5.41) is 2.46. The molecular weight excluding hydrogens is 456 g/mol. The van der Waals surface area contributed by atoms with Crippen LogP contribution in [0.25, 0.3) is 10.8 Å². The second kappa shape index (κ2) is 8.63. The zero-order chi connectivity index (χ0) is 23.0. The SMILES string of the molecule is O=C(c1ccc(Cl)cc1)N1CCc2cc(CNS(=O)(=O)c3ccc4ccccc4c3)ccc21. The van der Waals surface area contributed by atoms with Gasteiger partial charge in [-0.05, 0) is 70.8 Å². The number of nitrogens with one attached hydrogen (secondary N) is 1. The minimum atomic E-state index is -3.65. The molecule has 5 nitrogen and oxygen atoms in total. The predicted octanol–water partition coefficient (Wildman–Crippen LogP) is 5.17. The highest BCUT2D eigenvalue weighted by atomic mass is 35.5. The topological polar surface area (TPSA) is 66.5 Å². The van der Waals surface area contributed by atoms with Gasteiger partial charge in [0.1, 0.15) is 0 Å². The van der Waals surface area contributed by atoms with E-state index < -0.39 is 10.0 Å². The van der Waals surface area contributed by atoms with Crippen LogP contribution in [-0.2, 0) is 23.0 Å². The van der Waals surface area contributed by atoms with Crippen molar-refractivity contribution < 1.29 is 13.2 Å². The molecule has 0 unspecified atom stereocenters. The first-order valence-electron chi connectivity index (χ1n) is 10.6. The molecule has 4 aromatic carbocycles. The van der Waals surface area contributed by atoms with E-state index in [4.69, 9.17) is 11.6 Å². The normalized spacial score (nSPS) is 13.3. The molecule has 0 radical (unpaired) electrons. The lowest BCUT2D eigenvalue weighted by atomic mass is 10.1. The fraction of sp³-hybridized carbons (Fsp3) is 0.115. The van der Waals surface area contributed by atoms with Crippen molar-refractivity contribution in [2.75, 3.05) is 11.4 Å². The van der Waals surface area contributed by atoms with E-state index in [-0.39, 0.29) is 17.3 Å². The molecule has 0 spiro atoms. The number of rotatable bonds is 5. The van der Waals surface area contributed by atoms with E-state index in [1.807, 2.05) is 48.5 Å². The zero-order valence-electron chi connectivity index (χ0n) is 17.7. The first-order valence-corrected chi connectivity index (χ1v) is 12.4. The quantitative estimate of drug-likeness (QED) is 0.432. The van der Waals surface area contributed by atoms with Gasteiger partial charge in [0, 0.05) is 29.4 Å². The molecule has 0 aliphatic carbocycles. The number of amides is 1. The second-order valence-electron chi connectivity index (χ2n) is 8.01. The van der Waals surface area contributed by atoms with Gasteiger partial charge in [0.05, 0.1) is 4.90 Å². The molecule has 1 N–H and O–H groups in total. The number of hydrogen-bond donors (Lipinski definition) is 1. The minimum absolute atomic E-state index is 0.0739. The summed E-state index contributed by atoms with van der Waals surface area (Å²) in [6.45, 7) is 0.761. The molecule has 0 bridgehead atoms. The molecule has 5 rings (SSSR count). The van der Waals surface area contributed by atoms with Crippen LogP contribution in [0.2, 0.25) is 5.02 Å². The number of nitrogens with zero attached hydrogens (tertiary/aromatic N) is 1. The summed E-state index contributed by atoms with van der Waals surface area (Å²) in [6, 6.07) is 25.3. The third-order valence-electron chi connectivity index (χ3n) is 5.87. The van der Waals surface area contributed by atoms with Gasteiger partial charge < -0.3 is 4.90 Å². The molecule has 7 heteroatoms. The van der Waals surface area contributed by atoms with Crippen LogP contribution in [0.1, 0.15) is 21.5 Å². The van der Waals surface area contributed by atoms with Crippen molar-refractivity contribution >= 4 is 44.0 Å². The average Bonchev–Trinajstić information content (AvgIpc) is 3.26. The first-order chi connectivity index (χ1) is 15.9. The van der Waals surface area contributed by atoms with Gasteiger partial charge in [0.15, 0.2) is 0 Å². The van der Waals surface area contributed by atoms with Crippen molar-refractivity contribution in [3.05, 3.63) is 107 Å². The Morgan fingerprint density at radius 3 is 2.45 bits per heavy atom. The van der Waals surface area contributed by atoms with E-state index >= 15 is 0 Å². The zero-order valence-corrected chi connectivity index (χ0v) is 19.2. The average molecular weight is 477 g/mol. The molecule has 1 aliphatic rings. The molecule has 166 valence electrons. The highest BCUT2D eigenvalue weighted by Gasteiger charge is 2.26. The van der Waals surface area contributed by atoms with Gasteiger partial charge in [-0.2, -0.15) is 0 Å². The summed E-state index contributed by atoms with van der Waals surface area (Å²) >= 11 is 5.93. The Hall–Kier alpha value is -3.19. The number of hydrogen-bond acceptors (Lipinski definition) is 3. The lowest BCUT2D eigenvalue weighted by Gasteiger charge is -2.18. The highest BCUT2D eigenvalue weighted by Crippen LogP contribution is 2.30. The Labute approximate surface area is 197 Å². The van der Waals surface area contributed by atoms with Crippen LogP contribution in [0.4, 0.5) is 5.69 Å². The molecule has 0 aromatic heterocycles. The second-order valence-corrected chi connectivity index (χ2v) is 10.2. The van der Waals surface area contributed by atoms with Gasteiger partial charge in [0.25, 0.3) is 5.91 Å². The molecular formula is C26H21ClN2O3S. The summed E-state index contributed by atoms with van der Waals surface area (Å²) < 4.78 is 28.4. The van der Waals surface area contributed by atoms with Crippen molar-refractivity contribution in [3.63, 3.8) is 0 Å². The minimum Gasteiger partial charge on any atom is -0.308 e. The van der Waals surface area contributed by atoms with Crippen molar-refractivity contribution in [3.8, 4) is 0 Å². The summed E-state index contributed by atoms with van der Waals surface area (Å²) in [5.41, 5.74) is 3.31. The van der Waals surface area contributed by atoms with Crippen LogP contribution in [-0.4, -0.2) is 20.9 Å². The molecule has 33 heavy (non-hydrogen) atoms. The van der Waals surface area contributed by atoms with E-state index in [9.17, 15) is 13.2 Å². The van der Waals surface area contributed by atoms with Crippen LogP contribution < -0.4 is 9.62 Å². The first kappa shape index (κ1) is 21.6. The van der Waals surface area contributed by atoms with Crippen molar-refractivity contribution in [1.29, 1.82) is 0 Å². The van der Waals surface area contributed by atoms with Crippen LogP contribution in [0, 0.1) is 0 Å². The Balaban J connectivity index is 1.31. The van der Waals surface area contributed by atoms with Crippen molar-refractivity contribution in [2.45, 2.75) is 17.9 Å². The standard InChI is InChI=1S/C26H21ClN2O3S/c27-23-9-6-20(7-10-23)26(30)29-14-13-22-15-18(5-12-25(22)29)17-28-33(31,32)24-11-8-19-3-1-2-4-21(19)16-24/h1-12,15-16,28H,13-14,17H2. The molecule has 0 fully saturated rings. The lowest BCUT2D eigenvalue weighted by Crippen LogP contribution is -2.28. The lowest BCUT2D eigenvalue weighted by molar-refractivity contribution is 0.0989. The van der Waals surface area contributed by atoms with E-state index in [1.54, 1.807) is 41.3 Å². The third-order valence-corrected chi connectivity index (χ3v) is 7.52. The Bertz CT molecular complexity index is 1470. The monoisotopic (exact) mass is 476 g/mol. The number of benzene rings is 4. The maximum absolute atomic E-state index is 12.9. The fourth-order valence-corrected chi connectivity index (χ4v) is 5.30. The largest absolute Gasteiger partial charge is 0.308 e. The fourth-order valence-electron chi connectivity index (χ4n) is 4.12. The number of fused-ring (bicyclic) bond motifs is 2. The van der Waals surface area contributed by atoms with Crippen LogP contribution in [0.15, 0.2) is 89.8 Å². The number of sulfonamides is 1. The van der Waals surface area contributed by atoms with Gasteiger partial charge in [-0.1, -0.05) is 54.1 Å². The maximum Gasteiger partial charge on any atom is 0.258 e. The molecule has 1 aliphatic heterocycles. The predicted molar refractivity (Wildman–Crippen MR) is 131 cm³/mol. The molecule has 0 saturated carbocycles. The Morgan fingerprint density at radius 1 is 0.909 bits per heavy atom. The van der Waals surface area contributed by atoms with Gasteiger partial charge in [-0.3, -0.25) is 4.79 Å². The van der Waals surface area contributed by atoms with Gasteiger partial charge in [-0.25, -0.2) is 13.1 Å². The molecule has 4 aromatic rings.